The van der Waals surface area contributed by atoms with Crippen LogP contribution in [0, 0.1) is 18.3 Å². The molecule has 0 radical (unpaired) electrons. The van der Waals surface area contributed by atoms with E-state index < -0.39 is 8.07 Å². The number of hydrogen-bond donors (Lipinski definition) is 0. The van der Waals surface area contributed by atoms with E-state index in [0.717, 1.165) is 32.2 Å². The van der Waals surface area contributed by atoms with Crippen LogP contribution in [0.5, 0.6) is 0 Å². The van der Waals surface area contributed by atoms with Crippen LogP contribution < -0.4 is 14.3 Å². The maximum absolute atomic E-state index is 5.93. The topological polar surface area (TPSA) is 20.1 Å². The van der Waals surface area contributed by atoms with Crippen molar-refractivity contribution in [3.05, 3.63) is 114 Å². The summed E-state index contributed by atoms with van der Waals surface area (Å²) in [6, 6.07) is 16.7. The number of fused-ring (bicyclic) bond motifs is 7. The van der Waals surface area contributed by atoms with E-state index in [-0.39, 0.29) is 17.0 Å². The summed E-state index contributed by atoms with van der Waals surface area (Å²) < 4.78 is 5.18. The van der Waals surface area contributed by atoms with Gasteiger partial charge in [-0.3, -0.25) is 4.99 Å². The summed E-state index contributed by atoms with van der Waals surface area (Å²) in [5.74, 6) is 0.853. The van der Waals surface area contributed by atoms with Gasteiger partial charge >= 0.3 is 0 Å². The Balaban J connectivity index is 1.58. The largest absolute Gasteiger partial charge is 0.278 e. The highest BCUT2D eigenvalue weighted by atomic mass is 28.3. The Labute approximate surface area is 311 Å². The summed E-state index contributed by atoms with van der Waals surface area (Å²) in [6.07, 6.45) is 24.7. The van der Waals surface area contributed by atoms with Gasteiger partial charge in [-0.2, -0.15) is 9.13 Å². The lowest BCUT2D eigenvalue weighted by Gasteiger charge is -2.36. The molecule has 4 heteroatoms. The van der Waals surface area contributed by atoms with Gasteiger partial charge in [0.2, 0.25) is 5.69 Å². The molecule has 0 N–H and O–H groups in total. The molecule has 2 aromatic heterocycles. The summed E-state index contributed by atoms with van der Waals surface area (Å²) in [4.78, 5) is 5.93. The summed E-state index contributed by atoms with van der Waals surface area (Å²) in [5.41, 5.74) is 10.9. The number of aliphatic imine (C=N–C) groups is 1. The Morgan fingerprint density at radius 2 is 1.75 bits per heavy atom. The molecule has 3 aliphatic rings. The molecule has 51 heavy (non-hydrogen) atoms. The molecule has 3 nitrogen and oxygen atoms in total. The van der Waals surface area contributed by atoms with Crippen molar-refractivity contribution >= 4 is 19.0 Å². The molecular formula is C47H65N3Si+2. The average Bonchev–Trinajstić information content (AvgIpc) is 3.07. The molecule has 3 unspecified atom stereocenters. The molecule has 1 aromatic carbocycles. The van der Waals surface area contributed by atoms with Crippen LogP contribution in [0.25, 0.3) is 11.3 Å². The van der Waals surface area contributed by atoms with Crippen LogP contribution in [-0.4, -0.2) is 19.3 Å². The van der Waals surface area contributed by atoms with E-state index in [1.165, 1.54) is 77.0 Å². The molecule has 4 heterocycles. The fourth-order valence-electron chi connectivity index (χ4n) is 9.46. The van der Waals surface area contributed by atoms with Gasteiger partial charge in [0.15, 0.2) is 30.7 Å². The minimum atomic E-state index is -1.68. The van der Waals surface area contributed by atoms with Gasteiger partial charge in [0, 0.05) is 40.6 Å². The standard InChI is InChI=1S/C47H65N3Si/c1-11-18-42(36-19-14-13-15-20-36)48-47(25-12-2)26-23-41-39-21-16-17-22-40(39)43-29-37(30-46(5,6)7)44(51(8,9)10)33-50(43)45(41)35(4)32-49-27-24-34(3)28-38(49)31-47/h11-12,16-18,21-22,24-25,27-29,33,36,41,45H,4,13-15,19-20,23,26,30-32H2,1-3,5-10H3/q+2/b18-11-,25-12-,48-42?. The van der Waals surface area contributed by atoms with E-state index in [9.17, 15) is 0 Å². The van der Waals surface area contributed by atoms with Crippen LogP contribution in [0.1, 0.15) is 114 Å². The van der Waals surface area contributed by atoms with Crippen molar-refractivity contribution in [3.63, 3.8) is 0 Å². The molecule has 2 aliphatic heterocycles. The van der Waals surface area contributed by atoms with E-state index >= 15 is 0 Å². The molecule has 6 rings (SSSR count). The van der Waals surface area contributed by atoms with Crippen LogP contribution >= 0.6 is 0 Å². The van der Waals surface area contributed by atoms with Crippen LogP contribution in [0.3, 0.4) is 0 Å². The van der Waals surface area contributed by atoms with Crippen molar-refractivity contribution in [2.75, 3.05) is 0 Å². The average molecular weight is 700 g/mol. The summed E-state index contributed by atoms with van der Waals surface area (Å²) >= 11 is 0. The summed E-state index contributed by atoms with van der Waals surface area (Å²) in [5, 5.41) is 1.59. The van der Waals surface area contributed by atoms with Gasteiger partial charge in [-0.1, -0.05) is 103 Å². The van der Waals surface area contributed by atoms with E-state index in [1.807, 2.05) is 0 Å². The Kier molecular flexibility index (Phi) is 10.9. The molecule has 1 saturated carbocycles. The molecule has 1 fully saturated rings. The first kappa shape index (κ1) is 37.4. The highest BCUT2D eigenvalue weighted by Crippen LogP contribution is 2.46. The SMILES string of the molecule is C=C1C[n+]2ccc(C)cc2CC(/C=C\C)(N=C(/C=C\C)C2CCCCC2)CCC2c3ccccc3-c3cc(CC(C)(C)C)c([Si](C)(C)C)c[n+]3C12. The fourth-order valence-corrected chi connectivity index (χ4v) is 11.1. The lowest BCUT2D eigenvalue weighted by molar-refractivity contribution is -0.728. The van der Waals surface area contributed by atoms with Crippen molar-refractivity contribution in [2.24, 2.45) is 16.3 Å². The number of rotatable bonds is 6. The zero-order valence-corrected chi connectivity index (χ0v) is 34.4. The lowest BCUT2D eigenvalue weighted by atomic mass is 9.74. The molecular weight excluding hydrogens is 635 g/mol. The molecule has 1 aliphatic carbocycles. The fraction of sp³-hybridized carbons (Fsp3) is 0.511. The number of nitrogens with zero attached hydrogens (tertiary/aromatic N) is 3. The van der Waals surface area contributed by atoms with Gasteiger partial charge < -0.3 is 0 Å². The Hall–Kier alpha value is -3.37. The van der Waals surface area contributed by atoms with Crippen molar-refractivity contribution in [3.8, 4) is 11.3 Å². The highest BCUT2D eigenvalue weighted by Gasteiger charge is 2.46. The quantitative estimate of drug-likeness (QED) is 0.106. The molecule has 0 saturated heterocycles. The number of benzene rings is 1. The minimum absolute atomic E-state index is 0.161. The second-order valence-corrected chi connectivity index (χ2v) is 23.3. The van der Waals surface area contributed by atoms with Crippen LogP contribution in [0.15, 0.2) is 96.3 Å². The second kappa shape index (κ2) is 14.9. The Morgan fingerprint density at radius 3 is 2.43 bits per heavy atom. The van der Waals surface area contributed by atoms with Crippen molar-refractivity contribution < 1.29 is 9.13 Å². The summed E-state index contributed by atoms with van der Waals surface area (Å²) in [7, 11) is -1.68. The number of pyridine rings is 2. The zero-order chi connectivity index (χ0) is 36.6. The normalized spacial score (nSPS) is 23.5. The maximum atomic E-state index is 5.93. The van der Waals surface area contributed by atoms with Gasteiger partial charge in [-0.25, -0.2) is 0 Å². The third-order valence-electron chi connectivity index (χ3n) is 11.7. The van der Waals surface area contributed by atoms with Gasteiger partial charge in [0.25, 0.3) is 0 Å². The maximum Gasteiger partial charge on any atom is 0.213 e. The Bertz CT molecular complexity index is 1840. The zero-order valence-electron chi connectivity index (χ0n) is 33.4. The molecule has 0 bridgehead atoms. The van der Waals surface area contributed by atoms with Gasteiger partial charge in [-0.15, -0.1) is 0 Å². The number of aromatic nitrogens is 2. The number of hydrogen-bond acceptors (Lipinski definition) is 1. The molecule has 0 amide bonds. The number of aryl methyl sites for hydroxylation is 1. The van der Waals surface area contributed by atoms with E-state index in [4.69, 9.17) is 11.6 Å². The van der Waals surface area contributed by atoms with E-state index in [1.54, 1.807) is 5.19 Å². The second-order valence-electron chi connectivity index (χ2n) is 18.3. The first-order valence-electron chi connectivity index (χ1n) is 19.9. The number of allylic oxidation sites excluding steroid dienone is 4. The Morgan fingerprint density at radius 1 is 1.00 bits per heavy atom. The van der Waals surface area contributed by atoms with Crippen LogP contribution in [0.2, 0.25) is 19.6 Å². The highest BCUT2D eigenvalue weighted by molar-refractivity contribution is 6.89. The smallest absolute Gasteiger partial charge is 0.213 e. The van der Waals surface area contributed by atoms with E-state index in [0.29, 0.717) is 11.8 Å². The van der Waals surface area contributed by atoms with Crippen LogP contribution in [0.4, 0.5) is 0 Å². The first-order valence-corrected chi connectivity index (χ1v) is 23.4. The summed E-state index contributed by atoms with van der Waals surface area (Å²) in [6.45, 7) is 27.1. The van der Waals surface area contributed by atoms with Gasteiger partial charge in [-0.05, 0) is 87.1 Å². The van der Waals surface area contributed by atoms with E-state index in [2.05, 4.69) is 149 Å². The molecule has 0 spiro atoms. The third kappa shape index (κ3) is 8.17. The van der Waals surface area contributed by atoms with Crippen molar-refractivity contribution in [1.29, 1.82) is 0 Å². The third-order valence-corrected chi connectivity index (χ3v) is 13.8. The van der Waals surface area contributed by atoms with Crippen molar-refractivity contribution in [1.82, 2.24) is 0 Å². The molecule has 3 atom stereocenters. The lowest BCUT2D eigenvalue weighted by Crippen LogP contribution is -2.56. The first-order chi connectivity index (χ1) is 24.2. The van der Waals surface area contributed by atoms with Gasteiger partial charge in [0.05, 0.1) is 31.5 Å². The molecule has 3 aromatic rings. The monoisotopic (exact) mass is 699 g/mol. The molecule has 270 valence electrons. The van der Waals surface area contributed by atoms with Crippen LogP contribution in [-0.2, 0) is 19.4 Å². The van der Waals surface area contributed by atoms with Crippen molar-refractivity contribution in [2.45, 2.75) is 143 Å². The van der Waals surface area contributed by atoms with Gasteiger partial charge in [0.1, 0.15) is 0 Å². The predicted octanol–water partition coefficient (Wildman–Crippen LogP) is 10.5. The minimum Gasteiger partial charge on any atom is -0.278 e. The predicted molar refractivity (Wildman–Crippen MR) is 220 cm³/mol.